The Labute approximate surface area is 133 Å². The van der Waals surface area contributed by atoms with Gasteiger partial charge in [-0.05, 0) is 37.6 Å². The van der Waals surface area contributed by atoms with Crippen molar-refractivity contribution in [1.82, 2.24) is 10.2 Å². The van der Waals surface area contributed by atoms with E-state index < -0.39 is 11.7 Å². The van der Waals surface area contributed by atoms with E-state index in [9.17, 15) is 18.0 Å². The lowest BCUT2D eigenvalue weighted by atomic mass is 10.1. The highest BCUT2D eigenvalue weighted by molar-refractivity contribution is 5.82. The predicted octanol–water partition coefficient (Wildman–Crippen LogP) is 2.11. The molecule has 3 rings (SSSR count). The van der Waals surface area contributed by atoms with Crippen LogP contribution in [0.4, 0.5) is 18.9 Å². The highest BCUT2D eigenvalue weighted by atomic mass is 19.4. The number of carbonyl (C=O) groups is 1. The van der Waals surface area contributed by atoms with Gasteiger partial charge in [-0.3, -0.25) is 4.79 Å². The van der Waals surface area contributed by atoms with Crippen LogP contribution < -0.4 is 10.2 Å². The fourth-order valence-corrected chi connectivity index (χ4v) is 3.18. The lowest BCUT2D eigenvalue weighted by molar-refractivity contribution is -0.137. The average Bonchev–Trinajstić information content (AvgIpc) is 3.08. The Morgan fingerprint density at radius 3 is 2.52 bits per heavy atom. The van der Waals surface area contributed by atoms with Crippen LogP contribution in [0.1, 0.15) is 18.4 Å². The highest BCUT2D eigenvalue weighted by Gasteiger charge is 2.32. The number of nitrogens with one attached hydrogen (secondary N) is 1. The summed E-state index contributed by atoms with van der Waals surface area (Å²) in [7, 11) is 0. The van der Waals surface area contributed by atoms with E-state index in [0.29, 0.717) is 31.9 Å². The largest absolute Gasteiger partial charge is 0.416 e. The van der Waals surface area contributed by atoms with Gasteiger partial charge in [0.05, 0.1) is 11.6 Å². The van der Waals surface area contributed by atoms with Crippen molar-refractivity contribution in [3.63, 3.8) is 0 Å². The lowest BCUT2D eigenvalue weighted by Crippen LogP contribution is -2.53. The van der Waals surface area contributed by atoms with Crippen molar-refractivity contribution in [2.24, 2.45) is 0 Å². The molecule has 1 aromatic rings. The van der Waals surface area contributed by atoms with Crippen LogP contribution in [0.2, 0.25) is 0 Å². The summed E-state index contributed by atoms with van der Waals surface area (Å²) in [6.45, 7) is 3.08. The topological polar surface area (TPSA) is 35.6 Å². The number of carbonyl (C=O) groups excluding carboxylic acids is 1. The number of hydrogen-bond donors (Lipinski definition) is 1. The molecule has 4 nitrogen and oxygen atoms in total. The number of halogens is 3. The summed E-state index contributed by atoms with van der Waals surface area (Å²) < 4.78 is 38.4. The van der Waals surface area contributed by atoms with E-state index >= 15 is 0 Å². The zero-order valence-corrected chi connectivity index (χ0v) is 12.8. The Morgan fingerprint density at radius 2 is 1.91 bits per heavy atom. The van der Waals surface area contributed by atoms with Gasteiger partial charge >= 0.3 is 6.18 Å². The molecule has 0 radical (unpaired) electrons. The van der Waals surface area contributed by atoms with Gasteiger partial charge in [-0.15, -0.1) is 0 Å². The summed E-state index contributed by atoms with van der Waals surface area (Å²) in [4.78, 5) is 16.0. The number of nitrogens with zero attached hydrogens (tertiary/aromatic N) is 2. The normalized spacial score (nSPS) is 22.5. The van der Waals surface area contributed by atoms with Gasteiger partial charge in [0.15, 0.2) is 0 Å². The summed E-state index contributed by atoms with van der Waals surface area (Å²) in [6.07, 6.45) is -2.45. The van der Waals surface area contributed by atoms with Crippen molar-refractivity contribution in [3.05, 3.63) is 29.8 Å². The van der Waals surface area contributed by atoms with Crippen molar-refractivity contribution in [2.45, 2.75) is 25.1 Å². The van der Waals surface area contributed by atoms with Gasteiger partial charge in [0.25, 0.3) is 0 Å². The minimum absolute atomic E-state index is 0.0879. The monoisotopic (exact) mass is 327 g/mol. The van der Waals surface area contributed by atoms with Crippen molar-refractivity contribution < 1.29 is 18.0 Å². The number of piperazine rings is 1. The van der Waals surface area contributed by atoms with Crippen LogP contribution in [0.25, 0.3) is 0 Å². The maximum Gasteiger partial charge on any atom is 0.416 e. The van der Waals surface area contributed by atoms with E-state index in [1.54, 1.807) is 6.07 Å². The smallest absolute Gasteiger partial charge is 0.368 e. The molecule has 0 aliphatic carbocycles. The average molecular weight is 327 g/mol. The molecular formula is C16H20F3N3O. The van der Waals surface area contributed by atoms with Crippen LogP contribution in [-0.4, -0.2) is 49.6 Å². The van der Waals surface area contributed by atoms with E-state index in [1.807, 2.05) is 9.80 Å². The molecule has 7 heteroatoms. The number of rotatable bonds is 2. The van der Waals surface area contributed by atoms with E-state index in [-0.39, 0.29) is 11.9 Å². The second-order valence-electron chi connectivity index (χ2n) is 6.01. The number of alkyl halides is 3. The minimum atomic E-state index is -4.33. The fourth-order valence-electron chi connectivity index (χ4n) is 3.18. The van der Waals surface area contributed by atoms with Gasteiger partial charge < -0.3 is 15.1 Å². The SMILES string of the molecule is O=C(C1CCCN1)N1CCN(c2cccc(C(F)(F)F)c2)CC1. The van der Waals surface area contributed by atoms with E-state index in [0.717, 1.165) is 25.5 Å². The molecule has 23 heavy (non-hydrogen) atoms. The number of amides is 1. The quantitative estimate of drug-likeness (QED) is 0.904. The van der Waals surface area contributed by atoms with Crippen LogP contribution >= 0.6 is 0 Å². The molecule has 1 N–H and O–H groups in total. The van der Waals surface area contributed by atoms with E-state index in [2.05, 4.69) is 5.32 Å². The Morgan fingerprint density at radius 1 is 1.17 bits per heavy atom. The molecule has 2 fully saturated rings. The van der Waals surface area contributed by atoms with Crippen LogP contribution in [0, 0.1) is 0 Å². The molecule has 1 aromatic carbocycles. The van der Waals surface area contributed by atoms with Crippen molar-refractivity contribution in [1.29, 1.82) is 0 Å². The summed E-state index contributed by atoms with van der Waals surface area (Å²) >= 11 is 0. The third-order valence-electron chi connectivity index (χ3n) is 4.49. The van der Waals surface area contributed by atoms with Crippen molar-refractivity contribution in [3.8, 4) is 0 Å². The van der Waals surface area contributed by atoms with Crippen molar-refractivity contribution >= 4 is 11.6 Å². The predicted molar refractivity (Wildman–Crippen MR) is 81.3 cm³/mol. The molecule has 126 valence electrons. The number of hydrogen-bond acceptors (Lipinski definition) is 3. The molecule has 2 aliphatic rings. The first-order valence-corrected chi connectivity index (χ1v) is 7.89. The molecule has 1 amide bonds. The lowest BCUT2D eigenvalue weighted by Gasteiger charge is -2.37. The van der Waals surface area contributed by atoms with Crippen LogP contribution in [0.3, 0.4) is 0 Å². The van der Waals surface area contributed by atoms with Crippen molar-refractivity contribution in [2.75, 3.05) is 37.6 Å². The Bertz CT molecular complexity index is 562. The van der Waals surface area contributed by atoms with E-state index in [4.69, 9.17) is 0 Å². The third-order valence-corrected chi connectivity index (χ3v) is 4.49. The van der Waals surface area contributed by atoms with Gasteiger partial charge in [0, 0.05) is 31.9 Å². The van der Waals surface area contributed by atoms with Crippen LogP contribution in [0.15, 0.2) is 24.3 Å². The molecule has 0 aromatic heterocycles. The summed E-state index contributed by atoms with van der Waals surface area (Å²) in [5.74, 6) is 0.117. The molecule has 2 saturated heterocycles. The van der Waals surface area contributed by atoms with Gasteiger partial charge in [0.1, 0.15) is 0 Å². The molecule has 0 bridgehead atoms. The molecular weight excluding hydrogens is 307 g/mol. The van der Waals surface area contributed by atoms with Crippen LogP contribution in [0.5, 0.6) is 0 Å². The molecule has 0 saturated carbocycles. The molecule has 1 atom stereocenters. The summed E-state index contributed by atoms with van der Waals surface area (Å²) in [5, 5.41) is 3.19. The summed E-state index contributed by atoms with van der Waals surface area (Å²) in [6, 6.07) is 5.28. The Hall–Kier alpha value is -1.76. The molecule has 1 unspecified atom stereocenters. The molecule has 0 spiro atoms. The zero-order chi connectivity index (χ0) is 16.4. The maximum atomic E-state index is 12.8. The Kier molecular flexibility index (Phi) is 4.48. The van der Waals surface area contributed by atoms with Gasteiger partial charge in [0.2, 0.25) is 5.91 Å². The van der Waals surface area contributed by atoms with Gasteiger partial charge in [-0.2, -0.15) is 13.2 Å². The first kappa shape index (κ1) is 16.1. The van der Waals surface area contributed by atoms with E-state index in [1.165, 1.54) is 12.1 Å². The third kappa shape index (κ3) is 3.60. The maximum absolute atomic E-state index is 12.8. The standard InChI is InChI=1S/C16H20F3N3O/c17-16(18,19)12-3-1-4-13(11-12)21-7-9-22(10-8-21)15(23)14-5-2-6-20-14/h1,3-4,11,14,20H,2,5-10H2. The second-order valence-corrected chi connectivity index (χ2v) is 6.01. The number of benzene rings is 1. The minimum Gasteiger partial charge on any atom is -0.368 e. The Balaban J connectivity index is 1.61. The fraction of sp³-hybridized carbons (Fsp3) is 0.562. The second kappa shape index (κ2) is 6.39. The highest BCUT2D eigenvalue weighted by Crippen LogP contribution is 2.31. The van der Waals surface area contributed by atoms with Crippen LogP contribution in [-0.2, 0) is 11.0 Å². The molecule has 2 aliphatic heterocycles. The molecule has 2 heterocycles. The summed E-state index contributed by atoms with van der Waals surface area (Å²) in [5.41, 5.74) is -0.0745. The first-order chi connectivity index (χ1) is 10.9. The van der Waals surface area contributed by atoms with Gasteiger partial charge in [-0.25, -0.2) is 0 Å². The first-order valence-electron chi connectivity index (χ1n) is 7.89. The number of anilines is 1. The zero-order valence-electron chi connectivity index (χ0n) is 12.8. The van der Waals surface area contributed by atoms with Gasteiger partial charge in [-0.1, -0.05) is 6.07 Å².